The minimum Gasteiger partial charge on any atom is -0.377 e. The number of nitrogens with two attached hydrogens (primary N) is 1. The van der Waals surface area contributed by atoms with Crippen molar-refractivity contribution in [3.63, 3.8) is 0 Å². The minimum absolute atomic E-state index is 0.00369. The van der Waals surface area contributed by atoms with Crippen LogP contribution >= 0.6 is 0 Å². The van der Waals surface area contributed by atoms with Crippen molar-refractivity contribution in [2.75, 3.05) is 13.2 Å². The highest BCUT2D eigenvalue weighted by Gasteiger charge is 2.27. The zero-order chi connectivity index (χ0) is 14.9. The van der Waals surface area contributed by atoms with Crippen LogP contribution in [0.2, 0.25) is 0 Å². The lowest BCUT2D eigenvalue weighted by molar-refractivity contribution is -0.126. The van der Waals surface area contributed by atoms with Gasteiger partial charge in [-0.2, -0.15) is 0 Å². The van der Waals surface area contributed by atoms with Crippen molar-refractivity contribution in [1.29, 1.82) is 0 Å². The second kappa shape index (κ2) is 8.80. The van der Waals surface area contributed by atoms with Crippen LogP contribution in [0.25, 0.3) is 0 Å². The van der Waals surface area contributed by atoms with Crippen LogP contribution in [0.3, 0.4) is 0 Å². The zero-order valence-corrected chi connectivity index (χ0v) is 12.6. The number of nitrogens with one attached hydrogen (secondary N) is 1. The summed E-state index contributed by atoms with van der Waals surface area (Å²) in [5, 5.41) is 2.98. The molecule has 0 aliphatic heterocycles. The molecule has 21 heavy (non-hydrogen) atoms. The Kier molecular flexibility index (Phi) is 6.70. The van der Waals surface area contributed by atoms with E-state index in [0.29, 0.717) is 19.8 Å². The number of ether oxygens (including phenoxy) is 1. The van der Waals surface area contributed by atoms with Crippen LogP contribution < -0.4 is 11.1 Å². The molecule has 2 rings (SSSR count). The molecule has 1 aromatic carbocycles. The summed E-state index contributed by atoms with van der Waals surface area (Å²) in [4.78, 5) is 12.0. The standard InChI is InChI=1S/C17H26N2O2/c18-16-10-5-4-9-15(16)17(20)19-11-6-12-21-13-14-7-2-1-3-8-14/h1-3,7-8,15-16H,4-6,9-13,18H2,(H,19,20). The molecule has 1 aliphatic rings. The normalized spacial score (nSPS) is 22.0. The first-order chi connectivity index (χ1) is 10.3. The number of hydrogen-bond donors (Lipinski definition) is 2. The predicted molar refractivity (Wildman–Crippen MR) is 83.7 cm³/mol. The van der Waals surface area contributed by atoms with Gasteiger partial charge in [0.05, 0.1) is 12.5 Å². The van der Waals surface area contributed by atoms with Gasteiger partial charge in [0.2, 0.25) is 5.91 Å². The molecule has 4 nitrogen and oxygen atoms in total. The molecule has 1 aromatic rings. The van der Waals surface area contributed by atoms with E-state index in [1.54, 1.807) is 0 Å². The van der Waals surface area contributed by atoms with E-state index in [2.05, 4.69) is 5.32 Å². The van der Waals surface area contributed by atoms with Gasteiger partial charge in [-0.05, 0) is 24.8 Å². The molecule has 2 atom stereocenters. The van der Waals surface area contributed by atoms with Crippen LogP contribution in [0.5, 0.6) is 0 Å². The summed E-state index contributed by atoms with van der Waals surface area (Å²) in [6, 6.07) is 10.1. The molecular formula is C17H26N2O2. The van der Waals surface area contributed by atoms with Gasteiger partial charge in [0, 0.05) is 19.2 Å². The van der Waals surface area contributed by atoms with Gasteiger partial charge < -0.3 is 15.8 Å². The van der Waals surface area contributed by atoms with Crippen LogP contribution in [-0.4, -0.2) is 25.1 Å². The monoisotopic (exact) mass is 290 g/mol. The summed E-state index contributed by atoms with van der Waals surface area (Å²) in [5.41, 5.74) is 7.19. The Hall–Kier alpha value is -1.39. The van der Waals surface area contributed by atoms with Gasteiger partial charge >= 0.3 is 0 Å². The molecule has 116 valence electrons. The molecule has 0 aromatic heterocycles. The lowest BCUT2D eigenvalue weighted by Crippen LogP contribution is -2.44. The SMILES string of the molecule is NC1CCCCC1C(=O)NCCCOCc1ccccc1. The fourth-order valence-corrected chi connectivity index (χ4v) is 2.77. The van der Waals surface area contributed by atoms with Gasteiger partial charge in [0.15, 0.2) is 0 Å². The van der Waals surface area contributed by atoms with E-state index >= 15 is 0 Å². The van der Waals surface area contributed by atoms with Gasteiger partial charge in [0.1, 0.15) is 0 Å². The molecule has 1 amide bonds. The van der Waals surface area contributed by atoms with Crippen molar-refractivity contribution >= 4 is 5.91 Å². The maximum Gasteiger partial charge on any atom is 0.224 e. The highest BCUT2D eigenvalue weighted by molar-refractivity contribution is 5.79. The number of carbonyl (C=O) groups excluding carboxylic acids is 1. The highest BCUT2D eigenvalue weighted by Crippen LogP contribution is 2.22. The Morgan fingerprint density at radius 3 is 2.76 bits per heavy atom. The average molecular weight is 290 g/mol. The van der Waals surface area contributed by atoms with Crippen molar-refractivity contribution in [1.82, 2.24) is 5.32 Å². The highest BCUT2D eigenvalue weighted by atomic mass is 16.5. The lowest BCUT2D eigenvalue weighted by Gasteiger charge is -2.27. The molecule has 0 radical (unpaired) electrons. The van der Waals surface area contributed by atoms with E-state index in [9.17, 15) is 4.79 Å². The molecule has 1 aliphatic carbocycles. The molecule has 0 spiro atoms. The molecule has 3 N–H and O–H groups in total. The summed E-state index contributed by atoms with van der Waals surface area (Å²) in [5.74, 6) is 0.120. The number of rotatable bonds is 7. The third-order valence-electron chi connectivity index (χ3n) is 4.03. The Morgan fingerprint density at radius 2 is 2.00 bits per heavy atom. The smallest absolute Gasteiger partial charge is 0.224 e. The first-order valence-corrected chi connectivity index (χ1v) is 7.92. The molecule has 1 saturated carbocycles. The van der Waals surface area contributed by atoms with Crippen LogP contribution in [0.15, 0.2) is 30.3 Å². The average Bonchev–Trinajstić information content (AvgIpc) is 2.52. The van der Waals surface area contributed by atoms with Gasteiger partial charge in [-0.25, -0.2) is 0 Å². The van der Waals surface area contributed by atoms with Gasteiger partial charge in [-0.3, -0.25) is 4.79 Å². The van der Waals surface area contributed by atoms with E-state index in [-0.39, 0.29) is 17.9 Å². The van der Waals surface area contributed by atoms with Crippen molar-refractivity contribution in [3.05, 3.63) is 35.9 Å². The first kappa shape index (κ1) is 16.0. The van der Waals surface area contributed by atoms with Crippen LogP contribution in [0.1, 0.15) is 37.7 Å². The molecule has 2 unspecified atom stereocenters. The van der Waals surface area contributed by atoms with Crippen LogP contribution in [0, 0.1) is 5.92 Å². The predicted octanol–water partition coefficient (Wildman–Crippen LogP) is 2.23. The third kappa shape index (κ3) is 5.48. The second-order valence-electron chi connectivity index (χ2n) is 5.74. The summed E-state index contributed by atoms with van der Waals surface area (Å²) in [7, 11) is 0. The quantitative estimate of drug-likeness (QED) is 0.757. The number of hydrogen-bond acceptors (Lipinski definition) is 3. The molecule has 4 heteroatoms. The fraction of sp³-hybridized carbons (Fsp3) is 0.588. The second-order valence-corrected chi connectivity index (χ2v) is 5.74. The number of amides is 1. The Labute approximate surface area is 127 Å². The van der Waals surface area contributed by atoms with E-state index < -0.39 is 0 Å². The maximum atomic E-state index is 12.0. The molecule has 0 bridgehead atoms. The number of carbonyl (C=O) groups is 1. The van der Waals surface area contributed by atoms with Crippen LogP contribution in [0.4, 0.5) is 0 Å². The summed E-state index contributed by atoms with van der Waals surface area (Å²) >= 11 is 0. The number of benzene rings is 1. The molecule has 0 saturated heterocycles. The topological polar surface area (TPSA) is 64.4 Å². The Balaban J connectivity index is 1.54. The molecule has 0 heterocycles. The molecular weight excluding hydrogens is 264 g/mol. The summed E-state index contributed by atoms with van der Waals surface area (Å²) < 4.78 is 5.59. The molecule has 1 fully saturated rings. The van der Waals surface area contributed by atoms with Gasteiger partial charge in [-0.15, -0.1) is 0 Å². The largest absolute Gasteiger partial charge is 0.377 e. The van der Waals surface area contributed by atoms with Crippen molar-refractivity contribution < 1.29 is 9.53 Å². The van der Waals surface area contributed by atoms with E-state index in [1.165, 1.54) is 5.56 Å². The van der Waals surface area contributed by atoms with E-state index in [4.69, 9.17) is 10.5 Å². The van der Waals surface area contributed by atoms with Crippen molar-refractivity contribution in [3.8, 4) is 0 Å². The maximum absolute atomic E-state index is 12.0. The zero-order valence-electron chi connectivity index (χ0n) is 12.6. The minimum atomic E-state index is 0.00369. The van der Waals surface area contributed by atoms with E-state index in [1.807, 2.05) is 30.3 Å². The fourth-order valence-electron chi connectivity index (χ4n) is 2.77. The van der Waals surface area contributed by atoms with Gasteiger partial charge in [-0.1, -0.05) is 43.2 Å². The van der Waals surface area contributed by atoms with Crippen molar-refractivity contribution in [2.24, 2.45) is 11.7 Å². The summed E-state index contributed by atoms with van der Waals surface area (Å²) in [6.07, 6.45) is 5.00. The third-order valence-corrected chi connectivity index (χ3v) is 4.03. The Bertz CT molecular complexity index is 422. The van der Waals surface area contributed by atoms with Gasteiger partial charge in [0.25, 0.3) is 0 Å². The summed E-state index contributed by atoms with van der Waals surface area (Å²) in [6.45, 7) is 1.95. The van der Waals surface area contributed by atoms with E-state index in [0.717, 1.165) is 32.1 Å². The van der Waals surface area contributed by atoms with Crippen LogP contribution in [-0.2, 0) is 16.1 Å². The lowest BCUT2D eigenvalue weighted by atomic mass is 9.84. The Morgan fingerprint density at radius 1 is 1.24 bits per heavy atom. The first-order valence-electron chi connectivity index (χ1n) is 7.92. The van der Waals surface area contributed by atoms with Crippen molar-refractivity contribution in [2.45, 2.75) is 44.8 Å².